The lowest BCUT2D eigenvalue weighted by Crippen LogP contribution is -2.16. The highest BCUT2D eigenvalue weighted by Gasteiger charge is 1.99. The molecule has 1 aromatic rings. The number of unbranched alkanes of at least 4 members (excludes halogenated alkanes) is 2. The molecule has 0 amide bonds. The zero-order chi connectivity index (χ0) is 12.5. The molecule has 0 atom stereocenters. The SMILES string of the molecule is CN(C)C(=S)SCCCCCc1ccccc1. The van der Waals surface area contributed by atoms with Gasteiger partial charge in [0.15, 0.2) is 0 Å². The third kappa shape index (κ3) is 6.69. The maximum atomic E-state index is 5.22. The van der Waals surface area contributed by atoms with Gasteiger partial charge in [-0.1, -0.05) is 60.7 Å². The molecular formula is C14H21NS2. The van der Waals surface area contributed by atoms with Gasteiger partial charge in [0.2, 0.25) is 0 Å². The molecule has 1 nitrogen and oxygen atoms in total. The molecule has 1 rings (SSSR count). The van der Waals surface area contributed by atoms with E-state index in [1.165, 1.54) is 31.2 Å². The van der Waals surface area contributed by atoms with E-state index in [-0.39, 0.29) is 0 Å². The van der Waals surface area contributed by atoms with Crippen molar-refractivity contribution in [2.45, 2.75) is 25.7 Å². The van der Waals surface area contributed by atoms with Gasteiger partial charge in [0.05, 0.1) is 0 Å². The minimum Gasteiger partial charge on any atom is -0.364 e. The van der Waals surface area contributed by atoms with Crippen LogP contribution in [0, 0.1) is 0 Å². The molecule has 0 aliphatic carbocycles. The van der Waals surface area contributed by atoms with Crippen LogP contribution in [0.3, 0.4) is 0 Å². The Balaban J connectivity index is 2.00. The highest BCUT2D eigenvalue weighted by atomic mass is 32.2. The quantitative estimate of drug-likeness (QED) is 0.567. The molecule has 0 bridgehead atoms. The summed E-state index contributed by atoms with van der Waals surface area (Å²) in [4.78, 5) is 2.00. The monoisotopic (exact) mass is 267 g/mol. The lowest BCUT2D eigenvalue weighted by Gasteiger charge is -2.12. The third-order valence-corrected chi connectivity index (χ3v) is 4.37. The van der Waals surface area contributed by atoms with Crippen LogP contribution in [0.5, 0.6) is 0 Å². The van der Waals surface area contributed by atoms with Crippen molar-refractivity contribution in [1.29, 1.82) is 0 Å². The van der Waals surface area contributed by atoms with Gasteiger partial charge in [0.1, 0.15) is 4.32 Å². The van der Waals surface area contributed by atoms with Crippen molar-refractivity contribution < 1.29 is 0 Å². The molecule has 0 heterocycles. The Morgan fingerprint density at radius 1 is 1.12 bits per heavy atom. The van der Waals surface area contributed by atoms with Gasteiger partial charge in [0, 0.05) is 19.8 Å². The van der Waals surface area contributed by atoms with E-state index >= 15 is 0 Å². The van der Waals surface area contributed by atoms with Crippen molar-refractivity contribution in [2.75, 3.05) is 19.8 Å². The predicted molar refractivity (Wildman–Crippen MR) is 82.7 cm³/mol. The molecule has 0 saturated carbocycles. The van der Waals surface area contributed by atoms with Gasteiger partial charge in [-0.25, -0.2) is 0 Å². The van der Waals surface area contributed by atoms with Crippen molar-refractivity contribution in [3.05, 3.63) is 35.9 Å². The second-order valence-corrected chi connectivity index (χ2v) is 6.03. The summed E-state index contributed by atoms with van der Waals surface area (Å²) < 4.78 is 0.994. The normalized spacial score (nSPS) is 10.2. The summed E-state index contributed by atoms with van der Waals surface area (Å²) in [6.45, 7) is 0. The van der Waals surface area contributed by atoms with Crippen molar-refractivity contribution in [1.82, 2.24) is 4.90 Å². The zero-order valence-corrected chi connectivity index (χ0v) is 12.3. The number of aryl methyl sites for hydroxylation is 1. The first-order chi connectivity index (χ1) is 8.20. The van der Waals surface area contributed by atoms with Crippen LogP contribution in [-0.4, -0.2) is 29.1 Å². The van der Waals surface area contributed by atoms with E-state index in [0.717, 1.165) is 10.1 Å². The maximum Gasteiger partial charge on any atom is 0.135 e. The van der Waals surface area contributed by atoms with E-state index in [2.05, 4.69) is 30.3 Å². The van der Waals surface area contributed by atoms with Crippen LogP contribution in [0.15, 0.2) is 30.3 Å². The molecule has 0 unspecified atom stereocenters. The molecule has 0 fully saturated rings. The van der Waals surface area contributed by atoms with E-state index < -0.39 is 0 Å². The first-order valence-electron chi connectivity index (χ1n) is 6.08. The third-order valence-electron chi connectivity index (χ3n) is 2.54. The summed E-state index contributed by atoms with van der Waals surface area (Å²) in [5.74, 6) is 1.14. The standard InChI is InChI=1S/C14H21NS2/c1-15(2)14(16)17-12-8-4-7-11-13-9-5-3-6-10-13/h3,5-6,9-10H,4,7-8,11-12H2,1-2H3. The second kappa shape index (κ2) is 8.54. The Kier molecular flexibility index (Phi) is 7.29. The number of hydrogen-bond acceptors (Lipinski definition) is 2. The summed E-state index contributed by atoms with van der Waals surface area (Å²) >= 11 is 7.01. The largest absolute Gasteiger partial charge is 0.364 e. The van der Waals surface area contributed by atoms with E-state index in [9.17, 15) is 0 Å². The number of rotatable bonds is 6. The van der Waals surface area contributed by atoms with E-state index in [4.69, 9.17) is 12.2 Å². The molecule has 0 N–H and O–H groups in total. The maximum absolute atomic E-state index is 5.22. The molecule has 1 aromatic carbocycles. The molecule has 0 aliphatic heterocycles. The summed E-state index contributed by atoms with van der Waals surface area (Å²) in [7, 11) is 4.01. The fraction of sp³-hybridized carbons (Fsp3) is 0.500. The van der Waals surface area contributed by atoms with Gasteiger partial charge in [-0.2, -0.15) is 0 Å². The van der Waals surface area contributed by atoms with Gasteiger partial charge in [0.25, 0.3) is 0 Å². The summed E-state index contributed by atoms with van der Waals surface area (Å²) in [6, 6.07) is 10.7. The van der Waals surface area contributed by atoms with Gasteiger partial charge >= 0.3 is 0 Å². The first-order valence-corrected chi connectivity index (χ1v) is 7.47. The summed E-state index contributed by atoms with van der Waals surface area (Å²) in [5.41, 5.74) is 1.45. The lowest BCUT2D eigenvalue weighted by atomic mass is 10.1. The highest BCUT2D eigenvalue weighted by Crippen LogP contribution is 2.12. The number of hydrogen-bond donors (Lipinski definition) is 0. The average molecular weight is 267 g/mol. The topological polar surface area (TPSA) is 3.24 Å². The number of thiocarbonyl (C=S) groups is 1. The molecular weight excluding hydrogens is 246 g/mol. The van der Waals surface area contributed by atoms with E-state index in [1.807, 2.05) is 19.0 Å². The average Bonchev–Trinajstić information content (AvgIpc) is 2.34. The Morgan fingerprint density at radius 2 is 1.82 bits per heavy atom. The van der Waals surface area contributed by atoms with E-state index in [1.54, 1.807) is 11.8 Å². The molecule has 0 saturated heterocycles. The Labute approximate surface area is 115 Å². The van der Waals surface area contributed by atoms with Gasteiger partial charge < -0.3 is 4.90 Å². The van der Waals surface area contributed by atoms with E-state index in [0.29, 0.717) is 0 Å². The first kappa shape index (κ1) is 14.5. The van der Waals surface area contributed by atoms with Gasteiger partial charge in [-0.3, -0.25) is 0 Å². The number of thioether (sulfide) groups is 1. The zero-order valence-electron chi connectivity index (χ0n) is 10.7. The minimum atomic E-state index is 0.994. The predicted octanol–water partition coefficient (Wildman–Crippen LogP) is 3.98. The van der Waals surface area contributed by atoms with Crippen molar-refractivity contribution in [2.24, 2.45) is 0 Å². The fourth-order valence-electron chi connectivity index (χ4n) is 1.54. The lowest BCUT2D eigenvalue weighted by molar-refractivity contribution is 0.647. The number of nitrogens with zero attached hydrogens (tertiary/aromatic N) is 1. The smallest absolute Gasteiger partial charge is 0.135 e. The summed E-state index contributed by atoms with van der Waals surface area (Å²) in [6.07, 6.45) is 5.02. The van der Waals surface area contributed by atoms with Crippen LogP contribution < -0.4 is 0 Å². The molecule has 17 heavy (non-hydrogen) atoms. The minimum absolute atomic E-state index is 0.994. The number of benzene rings is 1. The molecule has 94 valence electrons. The van der Waals surface area contributed by atoms with Crippen LogP contribution in [0.25, 0.3) is 0 Å². The van der Waals surface area contributed by atoms with Crippen LogP contribution in [0.2, 0.25) is 0 Å². The Bertz CT molecular complexity index is 322. The molecule has 0 aromatic heterocycles. The Morgan fingerprint density at radius 3 is 2.47 bits per heavy atom. The van der Waals surface area contributed by atoms with Crippen molar-refractivity contribution >= 4 is 28.3 Å². The van der Waals surface area contributed by atoms with Crippen LogP contribution in [0.1, 0.15) is 24.8 Å². The fourth-order valence-corrected chi connectivity index (χ4v) is 2.57. The van der Waals surface area contributed by atoms with Crippen LogP contribution in [0.4, 0.5) is 0 Å². The van der Waals surface area contributed by atoms with Crippen molar-refractivity contribution in [3.63, 3.8) is 0 Å². The van der Waals surface area contributed by atoms with Crippen LogP contribution >= 0.6 is 24.0 Å². The Hall–Kier alpha value is -0.540. The molecule has 0 radical (unpaired) electrons. The molecule has 3 heteroatoms. The van der Waals surface area contributed by atoms with Gasteiger partial charge in [-0.05, 0) is 24.8 Å². The van der Waals surface area contributed by atoms with Crippen LogP contribution in [-0.2, 0) is 6.42 Å². The molecule has 0 aliphatic rings. The second-order valence-electron chi connectivity index (χ2n) is 4.31. The summed E-state index contributed by atoms with van der Waals surface area (Å²) in [5, 5.41) is 0. The van der Waals surface area contributed by atoms with Crippen molar-refractivity contribution in [3.8, 4) is 0 Å². The molecule has 0 spiro atoms. The van der Waals surface area contributed by atoms with Gasteiger partial charge in [-0.15, -0.1) is 0 Å². The highest BCUT2D eigenvalue weighted by molar-refractivity contribution is 8.22.